The molecule has 0 bridgehead atoms. The molecule has 0 aromatic heterocycles. The second-order valence-corrected chi connectivity index (χ2v) is 14.8. The maximum absolute atomic E-state index is 14.3. The minimum Gasteiger partial charge on any atom is -0.504 e. The second-order valence-electron chi connectivity index (χ2n) is 13.0. The number of phenols is 1. The molecule has 3 fully saturated rings. The van der Waals surface area contributed by atoms with Gasteiger partial charge in [-0.1, -0.05) is 39.7 Å². The molecule has 3 aromatic carbocycles. The highest BCUT2D eigenvalue weighted by Gasteiger charge is 2.76. The smallest absolute Gasteiger partial charge is 0.254 e. The van der Waals surface area contributed by atoms with Crippen LogP contribution in [0.25, 0.3) is 0 Å². The van der Waals surface area contributed by atoms with Gasteiger partial charge < -0.3 is 14.7 Å². The number of methoxy groups -OCH3 is 1. The maximum atomic E-state index is 14.3. The first-order valence-corrected chi connectivity index (χ1v) is 17.8. The molecule has 14 heteroatoms. The fraction of sp³-hybridized carbons (Fsp3) is 0.333. The Morgan fingerprint density at radius 2 is 1.56 bits per heavy atom. The zero-order valence-electron chi connectivity index (χ0n) is 27.2. The number of carbonyl (C=O) groups is 4. The van der Waals surface area contributed by atoms with Gasteiger partial charge in [0, 0.05) is 31.3 Å². The molecule has 3 aromatic rings. The lowest BCUT2D eigenvalue weighted by Crippen LogP contribution is -2.60. The Hall–Kier alpha value is -4.26. The molecular formula is C36H32BrCl2N5O6. The van der Waals surface area contributed by atoms with E-state index in [1.807, 2.05) is 49.3 Å². The van der Waals surface area contributed by atoms with Gasteiger partial charge in [-0.2, -0.15) is 10.2 Å². The van der Waals surface area contributed by atoms with E-state index in [4.69, 9.17) is 27.9 Å². The van der Waals surface area contributed by atoms with Gasteiger partial charge in [0.15, 0.2) is 21.2 Å². The Morgan fingerprint density at radius 3 is 2.16 bits per heavy atom. The van der Waals surface area contributed by atoms with Crippen molar-refractivity contribution in [1.29, 1.82) is 0 Å². The molecule has 2 aliphatic heterocycles. The van der Waals surface area contributed by atoms with Crippen LogP contribution in [0.15, 0.2) is 88.6 Å². The van der Waals surface area contributed by atoms with E-state index in [1.165, 1.54) is 12.0 Å². The molecule has 0 spiro atoms. The molecule has 1 saturated carbocycles. The Bertz CT molecular complexity index is 1990. The SMILES string of the molecule is COc1cccc([C@H]2C3=CC[C@@H]4C(=O)N(c5ccc(N=Nc6ccc(N(C)C)cc6)cc5)C(=O)[C@@H]4[C@@H]3C[C@@]3(Cl)C(=O)N(CBr)C(=O)[C@@]23Cl)c1O. The van der Waals surface area contributed by atoms with Crippen molar-refractivity contribution in [3.63, 3.8) is 0 Å². The van der Waals surface area contributed by atoms with Crippen LogP contribution in [0.5, 0.6) is 11.5 Å². The number of anilines is 2. The average Bonchev–Trinajstić information content (AvgIpc) is 3.45. The van der Waals surface area contributed by atoms with E-state index in [2.05, 4.69) is 26.2 Å². The molecule has 4 amide bonds. The summed E-state index contributed by atoms with van der Waals surface area (Å²) in [6.07, 6.45) is 1.83. The number of fused-ring (bicyclic) bond motifs is 4. The summed E-state index contributed by atoms with van der Waals surface area (Å²) in [6.45, 7) is 0. The van der Waals surface area contributed by atoms with E-state index in [0.29, 0.717) is 22.6 Å². The molecule has 0 unspecified atom stereocenters. The van der Waals surface area contributed by atoms with Gasteiger partial charge >= 0.3 is 0 Å². The number of phenolic OH excluding ortho intramolecular Hbond substituents is 1. The van der Waals surface area contributed by atoms with Gasteiger partial charge in [0.25, 0.3) is 11.8 Å². The van der Waals surface area contributed by atoms with Gasteiger partial charge in [0.2, 0.25) is 11.8 Å². The lowest BCUT2D eigenvalue weighted by Gasteiger charge is -2.50. The van der Waals surface area contributed by atoms with Crippen LogP contribution in [-0.4, -0.2) is 70.0 Å². The van der Waals surface area contributed by atoms with Gasteiger partial charge in [-0.3, -0.25) is 29.0 Å². The lowest BCUT2D eigenvalue weighted by molar-refractivity contribution is -0.138. The first kappa shape index (κ1) is 34.2. The Labute approximate surface area is 306 Å². The summed E-state index contributed by atoms with van der Waals surface area (Å²) in [5.41, 5.74) is 3.24. The fourth-order valence-corrected chi connectivity index (χ4v) is 9.31. The summed E-state index contributed by atoms with van der Waals surface area (Å²) in [5, 5.41) is 19.9. The number of likely N-dealkylation sites (tertiary alicyclic amines) is 1. The first-order valence-electron chi connectivity index (χ1n) is 15.9. The summed E-state index contributed by atoms with van der Waals surface area (Å²) in [4.78, 5) is 56.2. The highest BCUT2D eigenvalue weighted by Crippen LogP contribution is 2.66. The summed E-state index contributed by atoms with van der Waals surface area (Å²) in [7, 11) is 5.30. The highest BCUT2D eigenvalue weighted by atomic mass is 79.9. The van der Waals surface area contributed by atoms with E-state index in [0.717, 1.165) is 10.6 Å². The number of halogens is 3. The minimum atomic E-state index is -2.04. The van der Waals surface area contributed by atoms with Gasteiger partial charge in [-0.25, -0.2) is 0 Å². The van der Waals surface area contributed by atoms with Gasteiger partial charge in [0.1, 0.15) is 0 Å². The fourth-order valence-electron chi connectivity index (χ4n) is 7.89. The molecule has 1 N–H and O–H groups in total. The van der Waals surface area contributed by atoms with Crippen LogP contribution in [0.2, 0.25) is 0 Å². The molecule has 2 aliphatic carbocycles. The Kier molecular flexibility index (Phi) is 8.55. The van der Waals surface area contributed by atoms with Crippen LogP contribution in [0.1, 0.15) is 24.3 Å². The van der Waals surface area contributed by atoms with Gasteiger partial charge in [-0.15, -0.1) is 23.2 Å². The molecule has 2 saturated heterocycles. The van der Waals surface area contributed by atoms with Crippen LogP contribution >= 0.6 is 39.1 Å². The maximum Gasteiger partial charge on any atom is 0.254 e. The standard InChI is InChI=1S/C36H32BrCl2N5O6/c1-42(2)21-11-7-19(8-12-21)40-41-20-9-13-22(14-10-20)44-31(46)24-16-15-23-26(28(24)32(44)47)17-35(38)33(48)43(18-37)34(49)36(35,39)29(23)25-5-4-6-27(50-3)30(25)45/h4-15,24,26,28-29,45H,16-18H2,1-3H3/t24-,26+,28-,29+,35+,36-/m0/s1. The topological polar surface area (TPSA) is 132 Å². The summed E-state index contributed by atoms with van der Waals surface area (Å²) < 4.78 is 5.36. The number of allylic oxidation sites excluding steroid dienone is 2. The van der Waals surface area contributed by atoms with Crippen molar-refractivity contribution in [2.45, 2.75) is 28.5 Å². The number of azo groups is 1. The Morgan fingerprint density at radius 1 is 0.920 bits per heavy atom. The van der Waals surface area contributed by atoms with E-state index < -0.39 is 51.1 Å². The lowest BCUT2D eigenvalue weighted by atomic mass is 9.56. The second kappa shape index (κ2) is 12.5. The third-order valence-corrected chi connectivity index (χ3v) is 12.2. The molecule has 11 nitrogen and oxygen atoms in total. The van der Waals surface area contributed by atoms with Crippen molar-refractivity contribution in [2.75, 3.05) is 36.5 Å². The van der Waals surface area contributed by atoms with Crippen molar-refractivity contribution in [2.24, 2.45) is 28.0 Å². The first-order chi connectivity index (χ1) is 23.9. The molecule has 258 valence electrons. The summed E-state index contributed by atoms with van der Waals surface area (Å²) in [6, 6.07) is 19.0. The third kappa shape index (κ3) is 4.90. The number of imide groups is 2. The van der Waals surface area contributed by atoms with Crippen molar-refractivity contribution >= 4 is 85.5 Å². The van der Waals surface area contributed by atoms with Crippen molar-refractivity contribution < 1.29 is 29.0 Å². The van der Waals surface area contributed by atoms with Crippen LogP contribution in [-0.2, 0) is 19.2 Å². The molecule has 50 heavy (non-hydrogen) atoms. The summed E-state index contributed by atoms with van der Waals surface area (Å²) >= 11 is 17.8. The largest absolute Gasteiger partial charge is 0.504 e. The molecule has 6 atom stereocenters. The number of alkyl halides is 3. The molecule has 0 radical (unpaired) electrons. The summed E-state index contributed by atoms with van der Waals surface area (Å²) in [5.74, 6) is -5.87. The number of benzene rings is 3. The number of rotatable bonds is 7. The van der Waals surface area contributed by atoms with E-state index in [-0.39, 0.29) is 41.3 Å². The van der Waals surface area contributed by atoms with Crippen LogP contribution in [0, 0.1) is 17.8 Å². The molecular weight excluding hydrogens is 749 g/mol. The number of para-hydroxylation sites is 1. The van der Waals surface area contributed by atoms with Crippen LogP contribution in [0.3, 0.4) is 0 Å². The zero-order chi connectivity index (χ0) is 35.7. The quantitative estimate of drug-likeness (QED) is 0.0918. The molecule has 2 heterocycles. The van der Waals surface area contributed by atoms with Gasteiger partial charge in [0.05, 0.1) is 41.5 Å². The van der Waals surface area contributed by atoms with E-state index >= 15 is 0 Å². The number of carbonyl (C=O) groups excluding carboxylic acids is 4. The van der Waals surface area contributed by atoms with E-state index in [9.17, 15) is 24.3 Å². The number of amides is 4. The monoisotopic (exact) mass is 779 g/mol. The van der Waals surface area contributed by atoms with Crippen molar-refractivity contribution in [3.8, 4) is 11.5 Å². The third-order valence-electron chi connectivity index (χ3n) is 10.3. The molecule has 7 rings (SSSR count). The van der Waals surface area contributed by atoms with Crippen LogP contribution < -0.4 is 14.5 Å². The minimum absolute atomic E-state index is 0.136. The number of nitrogens with zero attached hydrogens (tertiary/aromatic N) is 5. The molecule has 4 aliphatic rings. The predicted octanol–water partition coefficient (Wildman–Crippen LogP) is 6.80. The predicted molar refractivity (Wildman–Crippen MR) is 192 cm³/mol. The normalized spacial score (nSPS) is 28.9. The number of aromatic hydroxyl groups is 1. The number of ether oxygens (including phenoxy) is 1. The van der Waals surface area contributed by atoms with Crippen molar-refractivity contribution in [3.05, 3.63) is 83.9 Å². The average molecular weight is 781 g/mol. The highest BCUT2D eigenvalue weighted by molar-refractivity contribution is 9.09. The number of hydrogen-bond donors (Lipinski definition) is 1. The van der Waals surface area contributed by atoms with Crippen LogP contribution in [0.4, 0.5) is 22.7 Å². The van der Waals surface area contributed by atoms with E-state index in [1.54, 1.807) is 42.5 Å². The zero-order valence-corrected chi connectivity index (χ0v) is 30.3. The van der Waals surface area contributed by atoms with Gasteiger partial charge in [-0.05, 0) is 73.4 Å². The van der Waals surface area contributed by atoms with Crippen molar-refractivity contribution in [1.82, 2.24) is 4.90 Å². The number of hydrogen-bond acceptors (Lipinski definition) is 9. The Balaban J connectivity index is 1.23.